The number of ketones is 1. The van der Waals surface area contributed by atoms with Gasteiger partial charge in [-0.3, -0.25) is 9.59 Å². The zero-order chi connectivity index (χ0) is 14.0. The Kier molecular flexibility index (Phi) is 3.86. The van der Waals surface area contributed by atoms with Crippen molar-refractivity contribution < 1.29 is 9.59 Å². The Labute approximate surface area is 117 Å². The quantitative estimate of drug-likeness (QED) is 0.862. The van der Waals surface area contributed by atoms with Crippen LogP contribution in [0.1, 0.15) is 23.7 Å². The molecule has 1 aliphatic carbocycles. The summed E-state index contributed by atoms with van der Waals surface area (Å²) in [7, 11) is 1.58. The van der Waals surface area contributed by atoms with Gasteiger partial charge in [0.05, 0.1) is 0 Å². The zero-order valence-electron chi connectivity index (χ0n) is 10.8. The fourth-order valence-corrected chi connectivity index (χ4v) is 2.18. The maximum Gasteiger partial charge on any atom is 0.247 e. The van der Waals surface area contributed by atoms with Gasteiger partial charge in [0.2, 0.25) is 5.91 Å². The van der Waals surface area contributed by atoms with Gasteiger partial charge < -0.3 is 5.32 Å². The normalized spacial score (nSPS) is 14.4. The summed E-state index contributed by atoms with van der Waals surface area (Å²) in [5.74, 6) is -0.216. The van der Waals surface area contributed by atoms with Crippen molar-refractivity contribution in [2.45, 2.75) is 13.3 Å². The van der Waals surface area contributed by atoms with E-state index in [1.807, 2.05) is 6.92 Å². The van der Waals surface area contributed by atoms with Crippen LogP contribution >= 0.6 is 11.6 Å². The number of carbonyl (C=O) groups excluding carboxylic acids is 2. The highest BCUT2D eigenvalue weighted by Gasteiger charge is 2.22. The lowest BCUT2D eigenvalue weighted by molar-refractivity contribution is -0.117. The SMILES string of the molecule is CNC(=O)C1=CC(C(=O)c2ccc(Cl)cc2)=C(C)C1. The molecule has 0 aliphatic heterocycles. The first-order valence-electron chi connectivity index (χ1n) is 5.95. The van der Waals surface area contributed by atoms with E-state index in [0.29, 0.717) is 28.2 Å². The average Bonchev–Trinajstić information content (AvgIpc) is 2.80. The molecular formula is C15H14ClNO2. The maximum absolute atomic E-state index is 12.3. The molecule has 0 spiro atoms. The lowest BCUT2D eigenvalue weighted by Crippen LogP contribution is -2.19. The molecule has 0 radical (unpaired) electrons. The summed E-state index contributed by atoms with van der Waals surface area (Å²) in [6.45, 7) is 1.87. The van der Waals surface area contributed by atoms with Gasteiger partial charge in [0.15, 0.2) is 5.78 Å². The Morgan fingerprint density at radius 1 is 1.21 bits per heavy atom. The van der Waals surface area contributed by atoms with E-state index in [4.69, 9.17) is 11.6 Å². The molecule has 0 heterocycles. The van der Waals surface area contributed by atoms with E-state index >= 15 is 0 Å². The lowest BCUT2D eigenvalue weighted by Gasteiger charge is -2.02. The van der Waals surface area contributed by atoms with Gasteiger partial charge in [-0.05, 0) is 43.7 Å². The van der Waals surface area contributed by atoms with E-state index in [1.165, 1.54) is 0 Å². The standard InChI is InChI=1S/C15H14ClNO2/c1-9-7-11(15(19)17-2)8-13(9)14(18)10-3-5-12(16)6-4-10/h3-6,8H,7H2,1-2H3,(H,17,19). The lowest BCUT2D eigenvalue weighted by atomic mass is 10.0. The molecule has 3 nitrogen and oxygen atoms in total. The number of nitrogens with one attached hydrogen (secondary N) is 1. The Morgan fingerprint density at radius 2 is 1.84 bits per heavy atom. The van der Waals surface area contributed by atoms with Crippen molar-refractivity contribution in [2.75, 3.05) is 7.05 Å². The first kappa shape index (κ1) is 13.6. The molecular weight excluding hydrogens is 262 g/mol. The zero-order valence-corrected chi connectivity index (χ0v) is 11.5. The van der Waals surface area contributed by atoms with Crippen LogP contribution in [0.5, 0.6) is 0 Å². The number of allylic oxidation sites excluding steroid dienone is 3. The summed E-state index contributed by atoms with van der Waals surface area (Å²) in [4.78, 5) is 23.9. The van der Waals surface area contributed by atoms with Crippen molar-refractivity contribution in [2.24, 2.45) is 0 Å². The molecule has 19 heavy (non-hydrogen) atoms. The molecule has 1 aliphatic rings. The van der Waals surface area contributed by atoms with E-state index < -0.39 is 0 Å². The number of rotatable bonds is 3. The number of likely N-dealkylation sites (N-methyl/N-ethyl adjacent to an activating group) is 1. The molecule has 0 aromatic heterocycles. The number of hydrogen-bond acceptors (Lipinski definition) is 2. The molecule has 0 atom stereocenters. The smallest absolute Gasteiger partial charge is 0.247 e. The number of halogens is 1. The van der Waals surface area contributed by atoms with Crippen molar-refractivity contribution in [3.05, 3.63) is 57.6 Å². The van der Waals surface area contributed by atoms with Crippen molar-refractivity contribution in [3.63, 3.8) is 0 Å². The van der Waals surface area contributed by atoms with Crippen LogP contribution in [0, 0.1) is 0 Å². The Morgan fingerprint density at radius 3 is 2.42 bits per heavy atom. The molecule has 1 aromatic rings. The first-order valence-corrected chi connectivity index (χ1v) is 6.33. The van der Waals surface area contributed by atoms with Crippen molar-refractivity contribution in [1.82, 2.24) is 5.32 Å². The van der Waals surface area contributed by atoms with E-state index in [0.717, 1.165) is 5.57 Å². The summed E-state index contributed by atoms with van der Waals surface area (Å²) >= 11 is 5.80. The van der Waals surface area contributed by atoms with Crippen LogP contribution in [0.4, 0.5) is 0 Å². The summed E-state index contributed by atoms with van der Waals surface area (Å²) < 4.78 is 0. The number of benzene rings is 1. The Bertz CT molecular complexity index is 597. The summed E-state index contributed by atoms with van der Waals surface area (Å²) in [6.07, 6.45) is 2.19. The minimum Gasteiger partial charge on any atom is -0.355 e. The largest absolute Gasteiger partial charge is 0.355 e. The number of Topliss-reactive ketones (excluding diaryl/α,β-unsaturated/α-hetero) is 1. The van der Waals surface area contributed by atoms with Gasteiger partial charge in [0.1, 0.15) is 0 Å². The van der Waals surface area contributed by atoms with Crippen LogP contribution in [0.2, 0.25) is 5.02 Å². The van der Waals surface area contributed by atoms with Crippen LogP contribution in [0.25, 0.3) is 0 Å². The Balaban J connectivity index is 2.28. The van der Waals surface area contributed by atoms with Crippen LogP contribution in [0.15, 0.2) is 47.1 Å². The van der Waals surface area contributed by atoms with E-state index in [2.05, 4.69) is 5.32 Å². The topological polar surface area (TPSA) is 46.2 Å². The third kappa shape index (κ3) is 2.76. The van der Waals surface area contributed by atoms with Crippen molar-refractivity contribution >= 4 is 23.3 Å². The van der Waals surface area contributed by atoms with Crippen molar-refractivity contribution in [1.29, 1.82) is 0 Å². The molecule has 98 valence electrons. The minimum absolute atomic E-state index is 0.0759. The third-order valence-corrected chi connectivity index (χ3v) is 3.36. The van der Waals surface area contributed by atoms with Gasteiger partial charge in [0, 0.05) is 28.8 Å². The second-order valence-corrected chi connectivity index (χ2v) is 4.89. The predicted octanol–water partition coefficient (Wildman–Crippen LogP) is 2.92. The molecule has 1 aromatic carbocycles. The molecule has 1 amide bonds. The third-order valence-electron chi connectivity index (χ3n) is 3.10. The minimum atomic E-state index is -0.141. The van der Waals surface area contributed by atoms with Gasteiger partial charge in [-0.15, -0.1) is 0 Å². The second-order valence-electron chi connectivity index (χ2n) is 4.46. The highest BCUT2D eigenvalue weighted by atomic mass is 35.5. The van der Waals surface area contributed by atoms with Gasteiger partial charge in [-0.1, -0.05) is 17.2 Å². The molecule has 2 rings (SSSR count). The molecule has 0 unspecified atom stereocenters. The van der Waals surface area contributed by atoms with Crippen LogP contribution in [-0.2, 0) is 4.79 Å². The summed E-state index contributed by atoms with van der Waals surface area (Å²) in [5.41, 5.74) is 2.71. The summed E-state index contributed by atoms with van der Waals surface area (Å²) in [6, 6.07) is 6.75. The second kappa shape index (κ2) is 5.41. The Hall–Kier alpha value is -1.87. The van der Waals surface area contributed by atoms with E-state index in [-0.39, 0.29) is 11.7 Å². The monoisotopic (exact) mass is 275 g/mol. The number of hydrogen-bond donors (Lipinski definition) is 1. The molecule has 1 N–H and O–H groups in total. The van der Waals surface area contributed by atoms with Gasteiger partial charge in [-0.25, -0.2) is 0 Å². The predicted molar refractivity (Wildman–Crippen MR) is 75.2 cm³/mol. The highest BCUT2D eigenvalue weighted by Crippen LogP contribution is 2.28. The fraction of sp³-hybridized carbons (Fsp3) is 0.200. The number of carbonyl (C=O) groups is 2. The maximum atomic E-state index is 12.3. The van der Waals surface area contributed by atoms with Gasteiger partial charge >= 0.3 is 0 Å². The average molecular weight is 276 g/mol. The van der Waals surface area contributed by atoms with Crippen molar-refractivity contribution in [3.8, 4) is 0 Å². The van der Waals surface area contributed by atoms with Crippen LogP contribution < -0.4 is 5.32 Å². The van der Waals surface area contributed by atoms with E-state index in [1.54, 1.807) is 37.4 Å². The molecule has 0 bridgehead atoms. The first-order chi connectivity index (χ1) is 9.02. The van der Waals surface area contributed by atoms with E-state index in [9.17, 15) is 9.59 Å². The molecule has 4 heteroatoms. The van der Waals surface area contributed by atoms with Crippen LogP contribution in [-0.4, -0.2) is 18.7 Å². The number of amides is 1. The molecule has 0 fully saturated rings. The fourth-order valence-electron chi connectivity index (χ4n) is 2.05. The summed E-state index contributed by atoms with van der Waals surface area (Å²) in [5, 5.41) is 3.16. The van der Waals surface area contributed by atoms with Crippen LogP contribution in [0.3, 0.4) is 0 Å². The molecule has 0 saturated carbocycles. The van der Waals surface area contributed by atoms with Gasteiger partial charge in [0.25, 0.3) is 0 Å². The highest BCUT2D eigenvalue weighted by molar-refractivity contribution is 6.30. The van der Waals surface area contributed by atoms with Gasteiger partial charge in [-0.2, -0.15) is 0 Å². The molecule has 0 saturated heterocycles.